The van der Waals surface area contributed by atoms with Crippen molar-refractivity contribution in [2.24, 2.45) is 29.6 Å². The van der Waals surface area contributed by atoms with Crippen LogP contribution in [0, 0.1) is 29.6 Å². The largest absolute Gasteiger partial charge is 0.0651 e. The lowest BCUT2D eigenvalue weighted by Gasteiger charge is -2.20. The van der Waals surface area contributed by atoms with Crippen LogP contribution >= 0.6 is 0 Å². The first-order valence-corrected chi connectivity index (χ1v) is 10.8. The first-order valence-electron chi connectivity index (χ1n) is 10.8. The molecular formula is C23H48. The maximum atomic E-state index is 2.47. The summed E-state index contributed by atoms with van der Waals surface area (Å²) in [7, 11) is 0. The zero-order valence-electron chi connectivity index (χ0n) is 17.7. The Morgan fingerprint density at radius 2 is 0.870 bits per heavy atom. The van der Waals surface area contributed by atoms with Crippen LogP contribution in [0.5, 0.6) is 0 Å². The predicted molar refractivity (Wildman–Crippen MR) is 108 cm³/mol. The van der Waals surface area contributed by atoms with Crippen LogP contribution in [0.15, 0.2) is 0 Å². The SMILES string of the molecule is CCC(CCC(C)CCCC(C)C)CCC(C)CCCC(C)C. The number of rotatable bonds is 15. The van der Waals surface area contributed by atoms with E-state index in [0.717, 1.165) is 29.6 Å². The molecule has 0 heteroatoms. The van der Waals surface area contributed by atoms with Gasteiger partial charge in [-0.2, -0.15) is 0 Å². The molecule has 0 heterocycles. The highest BCUT2D eigenvalue weighted by Crippen LogP contribution is 2.26. The van der Waals surface area contributed by atoms with Gasteiger partial charge in [-0.05, 0) is 29.6 Å². The zero-order chi connectivity index (χ0) is 17.7. The van der Waals surface area contributed by atoms with Crippen LogP contribution in [0.1, 0.15) is 119 Å². The van der Waals surface area contributed by atoms with Gasteiger partial charge in [0.05, 0.1) is 0 Å². The second-order valence-electron chi connectivity index (χ2n) is 9.29. The summed E-state index contributed by atoms with van der Waals surface area (Å²) in [6, 6.07) is 0. The Balaban J connectivity index is 3.76. The minimum Gasteiger partial charge on any atom is -0.0651 e. The standard InChI is InChI=1S/C23H48/c1-8-23(17-15-21(6)13-9-11-19(2)3)18-16-22(7)14-10-12-20(4)5/h19-23H,8-18H2,1-7H3. The summed E-state index contributed by atoms with van der Waals surface area (Å²) in [6.07, 6.45) is 15.8. The molecule has 0 N–H and O–H groups in total. The monoisotopic (exact) mass is 324 g/mol. The van der Waals surface area contributed by atoms with Crippen molar-refractivity contribution in [3.63, 3.8) is 0 Å². The van der Waals surface area contributed by atoms with Gasteiger partial charge in [0.1, 0.15) is 0 Å². The van der Waals surface area contributed by atoms with Crippen LogP contribution in [0.2, 0.25) is 0 Å². The fourth-order valence-corrected chi connectivity index (χ4v) is 3.63. The maximum absolute atomic E-state index is 2.47. The number of hydrogen-bond acceptors (Lipinski definition) is 0. The Kier molecular flexibility index (Phi) is 14.4. The smallest absolute Gasteiger partial charge is 0.0417 e. The highest BCUT2D eigenvalue weighted by Gasteiger charge is 2.12. The normalized spacial score (nSPS) is 16.0. The van der Waals surface area contributed by atoms with Gasteiger partial charge in [-0.1, -0.05) is 119 Å². The zero-order valence-corrected chi connectivity index (χ0v) is 17.7. The lowest BCUT2D eigenvalue weighted by atomic mass is 9.86. The molecule has 2 atom stereocenters. The highest BCUT2D eigenvalue weighted by atomic mass is 14.2. The third-order valence-electron chi connectivity index (χ3n) is 5.67. The average molecular weight is 325 g/mol. The fraction of sp³-hybridized carbons (Fsp3) is 1.00. The van der Waals surface area contributed by atoms with Crippen LogP contribution in [0.4, 0.5) is 0 Å². The Morgan fingerprint density at radius 3 is 1.17 bits per heavy atom. The molecule has 0 rings (SSSR count). The van der Waals surface area contributed by atoms with Crippen LogP contribution in [0.3, 0.4) is 0 Å². The molecule has 0 aliphatic rings. The van der Waals surface area contributed by atoms with E-state index in [2.05, 4.69) is 48.5 Å². The molecule has 0 aromatic heterocycles. The summed E-state index contributed by atoms with van der Waals surface area (Å²) < 4.78 is 0. The van der Waals surface area contributed by atoms with Gasteiger partial charge in [-0.25, -0.2) is 0 Å². The van der Waals surface area contributed by atoms with Gasteiger partial charge >= 0.3 is 0 Å². The molecule has 0 aromatic carbocycles. The maximum Gasteiger partial charge on any atom is -0.0417 e. The molecule has 0 saturated heterocycles. The van der Waals surface area contributed by atoms with Crippen LogP contribution in [-0.4, -0.2) is 0 Å². The third kappa shape index (κ3) is 15.3. The molecule has 0 aliphatic heterocycles. The minimum atomic E-state index is 0.878. The molecule has 0 saturated carbocycles. The first kappa shape index (κ1) is 23.0. The van der Waals surface area contributed by atoms with Gasteiger partial charge in [0.25, 0.3) is 0 Å². The van der Waals surface area contributed by atoms with Crippen molar-refractivity contribution in [3.8, 4) is 0 Å². The molecular weight excluding hydrogens is 276 g/mol. The summed E-state index contributed by atoms with van der Waals surface area (Å²) in [6.45, 7) is 16.7. The van der Waals surface area contributed by atoms with Crippen molar-refractivity contribution in [2.45, 2.75) is 119 Å². The summed E-state index contributed by atoms with van der Waals surface area (Å²) in [5, 5.41) is 0. The molecule has 0 aromatic rings. The molecule has 140 valence electrons. The van der Waals surface area contributed by atoms with E-state index in [9.17, 15) is 0 Å². The average Bonchev–Trinajstić information content (AvgIpc) is 2.46. The van der Waals surface area contributed by atoms with Crippen molar-refractivity contribution >= 4 is 0 Å². The van der Waals surface area contributed by atoms with Crippen LogP contribution in [0.25, 0.3) is 0 Å². The Morgan fingerprint density at radius 1 is 0.478 bits per heavy atom. The first-order chi connectivity index (χ1) is 10.8. The number of hydrogen-bond donors (Lipinski definition) is 0. The van der Waals surface area contributed by atoms with Gasteiger partial charge < -0.3 is 0 Å². The molecule has 0 amide bonds. The fourth-order valence-electron chi connectivity index (χ4n) is 3.63. The van der Waals surface area contributed by atoms with Crippen molar-refractivity contribution in [1.82, 2.24) is 0 Å². The molecule has 0 nitrogen and oxygen atoms in total. The van der Waals surface area contributed by atoms with E-state index >= 15 is 0 Å². The van der Waals surface area contributed by atoms with Crippen molar-refractivity contribution in [2.75, 3.05) is 0 Å². The molecule has 23 heavy (non-hydrogen) atoms. The van der Waals surface area contributed by atoms with E-state index in [4.69, 9.17) is 0 Å². The van der Waals surface area contributed by atoms with E-state index in [1.165, 1.54) is 70.6 Å². The van der Waals surface area contributed by atoms with Gasteiger partial charge in [0, 0.05) is 0 Å². The van der Waals surface area contributed by atoms with Crippen LogP contribution in [-0.2, 0) is 0 Å². The topological polar surface area (TPSA) is 0 Å². The molecule has 0 bridgehead atoms. The summed E-state index contributed by atoms with van der Waals surface area (Å²) in [5.41, 5.74) is 0. The summed E-state index contributed by atoms with van der Waals surface area (Å²) >= 11 is 0. The van der Waals surface area contributed by atoms with E-state index < -0.39 is 0 Å². The predicted octanol–water partition coefficient (Wildman–Crippen LogP) is 8.50. The van der Waals surface area contributed by atoms with Crippen molar-refractivity contribution in [1.29, 1.82) is 0 Å². The molecule has 0 fully saturated rings. The Hall–Kier alpha value is 0. The molecule has 0 aliphatic carbocycles. The van der Waals surface area contributed by atoms with Gasteiger partial charge in [-0.3, -0.25) is 0 Å². The van der Waals surface area contributed by atoms with Crippen LogP contribution < -0.4 is 0 Å². The van der Waals surface area contributed by atoms with E-state index in [0.29, 0.717) is 0 Å². The lowest BCUT2D eigenvalue weighted by molar-refractivity contribution is 0.326. The quantitative estimate of drug-likeness (QED) is 0.283. The summed E-state index contributed by atoms with van der Waals surface area (Å²) in [5.74, 6) is 4.61. The second-order valence-corrected chi connectivity index (χ2v) is 9.29. The third-order valence-corrected chi connectivity index (χ3v) is 5.67. The van der Waals surface area contributed by atoms with E-state index in [1.807, 2.05) is 0 Å². The molecule has 0 radical (unpaired) electrons. The van der Waals surface area contributed by atoms with E-state index in [-0.39, 0.29) is 0 Å². The second kappa shape index (κ2) is 14.4. The van der Waals surface area contributed by atoms with Crippen molar-refractivity contribution in [3.05, 3.63) is 0 Å². The van der Waals surface area contributed by atoms with E-state index in [1.54, 1.807) is 0 Å². The minimum absolute atomic E-state index is 0.878. The summed E-state index contributed by atoms with van der Waals surface area (Å²) in [4.78, 5) is 0. The Labute approximate surface area is 149 Å². The lowest BCUT2D eigenvalue weighted by Crippen LogP contribution is -2.06. The molecule has 2 unspecified atom stereocenters. The van der Waals surface area contributed by atoms with Crippen molar-refractivity contribution < 1.29 is 0 Å². The Bertz CT molecular complexity index is 216. The highest BCUT2D eigenvalue weighted by molar-refractivity contribution is 4.65. The van der Waals surface area contributed by atoms with Gasteiger partial charge in [0.15, 0.2) is 0 Å². The van der Waals surface area contributed by atoms with Gasteiger partial charge in [0.2, 0.25) is 0 Å². The molecule has 0 spiro atoms. The van der Waals surface area contributed by atoms with Gasteiger partial charge in [-0.15, -0.1) is 0 Å².